The van der Waals surface area contributed by atoms with E-state index in [0.717, 1.165) is 0 Å². The second kappa shape index (κ2) is 14.0. The molecule has 34 heavy (non-hydrogen) atoms. The van der Waals surface area contributed by atoms with Crippen LogP contribution in [0.15, 0.2) is 46.8 Å². The first-order chi connectivity index (χ1) is 16.1. The molecular weight excluding hydrogens is 472 g/mol. The molecule has 0 fully saturated rings. The van der Waals surface area contributed by atoms with E-state index in [0.29, 0.717) is 40.7 Å². The summed E-state index contributed by atoms with van der Waals surface area (Å²) in [4.78, 5) is 43.7. The quantitative estimate of drug-likeness (QED) is 0.232. The SMILES string of the molecule is CCOC(=O)C1=C(COCCN)NC(C)=C(C(=O)OC)[C@@H]1c1ccccc1Cl.O=C(O)C(=O)O. The Kier molecular flexibility index (Phi) is 11.8. The van der Waals surface area contributed by atoms with Crippen LogP contribution in [0.5, 0.6) is 0 Å². The fraction of sp³-hybridized carbons (Fsp3) is 0.364. The minimum Gasteiger partial charge on any atom is -0.473 e. The molecule has 0 bridgehead atoms. The molecule has 1 heterocycles. The lowest BCUT2D eigenvalue weighted by Crippen LogP contribution is -2.35. The minimum atomic E-state index is -1.82. The summed E-state index contributed by atoms with van der Waals surface area (Å²) in [5, 5.41) is 18.3. The fourth-order valence-corrected chi connectivity index (χ4v) is 3.36. The van der Waals surface area contributed by atoms with E-state index in [1.807, 2.05) is 0 Å². The number of allylic oxidation sites excluding steroid dienone is 1. The van der Waals surface area contributed by atoms with Gasteiger partial charge in [0.15, 0.2) is 0 Å². The molecule has 2 rings (SSSR count). The smallest absolute Gasteiger partial charge is 0.414 e. The molecule has 0 aromatic heterocycles. The second-order valence-corrected chi connectivity index (χ2v) is 7.08. The largest absolute Gasteiger partial charge is 0.473 e. The number of dihydropyridines is 1. The standard InChI is InChI=1S/C20H25ClN2O5.C2H2O4/c1-4-28-20(25)18-15(11-27-10-9-22)23-12(2)16(19(24)26-3)17(18)13-7-5-6-8-14(13)21;3-1(4)2(5)6/h5-8,17,23H,4,9-11,22H2,1-3H3;(H,3,4)(H,5,6)/t17-;/m0./s1. The highest BCUT2D eigenvalue weighted by Crippen LogP contribution is 2.41. The molecule has 0 aliphatic carbocycles. The van der Waals surface area contributed by atoms with E-state index >= 15 is 0 Å². The lowest BCUT2D eigenvalue weighted by atomic mass is 9.80. The van der Waals surface area contributed by atoms with E-state index in [1.165, 1.54) is 7.11 Å². The summed E-state index contributed by atoms with van der Waals surface area (Å²) in [7, 11) is 1.29. The van der Waals surface area contributed by atoms with Crippen molar-refractivity contribution in [1.29, 1.82) is 0 Å². The predicted molar refractivity (Wildman–Crippen MR) is 121 cm³/mol. The maximum absolute atomic E-state index is 12.9. The topological polar surface area (TPSA) is 174 Å². The predicted octanol–water partition coefficient (Wildman–Crippen LogP) is 1.42. The molecule has 1 aliphatic heterocycles. The number of halogens is 1. The normalized spacial score (nSPS) is 15.0. The molecule has 1 aromatic carbocycles. The van der Waals surface area contributed by atoms with Gasteiger partial charge in [0, 0.05) is 17.3 Å². The van der Waals surface area contributed by atoms with E-state index in [1.54, 1.807) is 38.1 Å². The van der Waals surface area contributed by atoms with Crippen molar-refractivity contribution in [2.24, 2.45) is 5.73 Å². The van der Waals surface area contributed by atoms with Crippen LogP contribution >= 0.6 is 11.6 Å². The number of benzene rings is 1. The number of esters is 2. The molecule has 186 valence electrons. The van der Waals surface area contributed by atoms with Crippen molar-refractivity contribution in [3.8, 4) is 0 Å². The van der Waals surface area contributed by atoms with Crippen molar-refractivity contribution in [3.05, 3.63) is 57.4 Å². The van der Waals surface area contributed by atoms with Crippen molar-refractivity contribution in [2.75, 3.05) is 33.5 Å². The van der Waals surface area contributed by atoms with Crippen molar-refractivity contribution in [3.63, 3.8) is 0 Å². The molecule has 11 nitrogen and oxygen atoms in total. The fourth-order valence-electron chi connectivity index (χ4n) is 3.12. The third kappa shape index (κ3) is 7.58. The van der Waals surface area contributed by atoms with Crippen molar-refractivity contribution >= 4 is 35.5 Å². The van der Waals surface area contributed by atoms with Gasteiger partial charge in [-0.2, -0.15) is 0 Å². The molecule has 0 radical (unpaired) electrons. The first-order valence-electron chi connectivity index (χ1n) is 10.0. The Morgan fingerprint density at radius 1 is 1.09 bits per heavy atom. The summed E-state index contributed by atoms with van der Waals surface area (Å²) in [6.07, 6.45) is 0. The number of aliphatic carboxylic acids is 2. The Bertz CT molecular complexity index is 976. The van der Waals surface area contributed by atoms with Gasteiger partial charge in [-0.05, 0) is 25.5 Å². The van der Waals surface area contributed by atoms with Crippen molar-refractivity contribution in [2.45, 2.75) is 19.8 Å². The number of nitrogens with two attached hydrogens (primary N) is 1. The van der Waals surface area contributed by atoms with Crippen LogP contribution < -0.4 is 11.1 Å². The number of nitrogens with one attached hydrogen (secondary N) is 1. The maximum atomic E-state index is 12.9. The number of carboxylic acids is 2. The molecule has 0 saturated heterocycles. The molecule has 0 saturated carbocycles. The zero-order chi connectivity index (χ0) is 25.8. The van der Waals surface area contributed by atoms with Crippen LogP contribution in [0.25, 0.3) is 0 Å². The van der Waals surface area contributed by atoms with Crippen LogP contribution in [0.1, 0.15) is 25.3 Å². The third-order valence-electron chi connectivity index (χ3n) is 4.45. The van der Waals surface area contributed by atoms with Gasteiger partial charge in [0.2, 0.25) is 0 Å². The van der Waals surface area contributed by atoms with Gasteiger partial charge >= 0.3 is 23.9 Å². The molecule has 5 N–H and O–H groups in total. The molecule has 0 amide bonds. The average molecular weight is 499 g/mol. The van der Waals surface area contributed by atoms with Gasteiger partial charge < -0.3 is 35.5 Å². The molecular formula is C22H27ClN2O9. The van der Waals surface area contributed by atoms with Gasteiger partial charge in [-0.3, -0.25) is 0 Å². The average Bonchev–Trinajstić information content (AvgIpc) is 2.79. The summed E-state index contributed by atoms with van der Waals surface area (Å²) in [5.74, 6) is -5.51. The monoisotopic (exact) mass is 498 g/mol. The van der Waals surface area contributed by atoms with E-state index in [9.17, 15) is 9.59 Å². The van der Waals surface area contributed by atoms with Crippen molar-refractivity contribution < 1.29 is 43.6 Å². The number of methoxy groups -OCH3 is 1. The summed E-state index contributed by atoms with van der Waals surface area (Å²) >= 11 is 6.42. The van der Waals surface area contributed by atoms with E-state index in [-0.39, 0.29) is 18.8 Å². The first-order valence-corrected chi connectivity index (χ1v) is 10.4. The molecule has 0 spiro atoms. The number of ether oxygens (including phenoxy) is 3. The number of hydrogen-bond acceptors (Lipinski definition) is 9. The van der Waals surface area contributed by atoms with Crippen LogP contribution in [-0.4, -0.2) is 67.6 Å². The minimum absolute atomic E-state index is 0.109. The third-order valence-corrected chi connectivity index (χ3v) is 4.80. The number of carbonyl (C=O) groups excluding carboxylic acids is 2. The maximum Gasteiger partial charge on any atom is 0.414 e. The van der Waals surface area contributed by atoms with Crippen molar-refractivity contribution in [1.82, 2.24) is 5.32 Å². The van der Waals surface area contributed by atoms with Crippen LogP contribution in [0.3, 0.4) is 0 Å². The Hall–Kier alpha value is -3.41. The van der Waals surface area contributed by atoms with Crippen LogP contribution in [-0.2, 0) is 33.4 Å². The zero-order valence-electron chi connectivity index (χ0n) is 18.9. The highest BCUT2D eigenvalue weighted by atomic mass is 35.5. The van der Waals surface area contributed by atoms with E-state index in [4.69, 9.17) is 51.3 Å². The lowest BCUT2D eigenvalue weighted by Gasteiger charge is -2.31. The Balaban J connectivity index is 0.000000852. The first kappa shape index (κ1) is 28.6. The molecule has 12 heteroatoms. The van der Waals surface area contributed by atoms with Gasteiger partial charge in [0.25, 0.3) is 0 Å². The number of carboxylic acid groups (broad SMARTS) is 2. The second-order valence-electron chi connectivity index (χ2n) is 6.67. The van der Waals surface area contributed by atoms with Gasteiger partial charge in [-0.1, -0.05) is 29.8 Å². The lowest BCUT2D eigenvalue weighted by molar-refractivity contribution is -0.159. The number of rotatable bonds is 8. The highest BCUT2D eigenvalue weighted by Gasteiger charge is 2.39. The summed E-state index contributed by atoms with van der Waals surface area (Å²) in [6.45, 7) is 4.42. The van der Waals surface area contributed by atoms with Gasteiger partial charge in [0.1, 0.15) is 0 Å². The Morgan fingerprint density at radius 2 is 1.71 bits per heavy atom. The molecule has 1 aromatic rings. The summed E-state index contributed by atoms with van der Waals surface area (Å²) in [5.41, 5.74) is 7.70. The Labute approximate surface area is 201 Å². The van der Waals surface area contributed by atoms with Gasteiger partial charge in [-0.25, -0.2) is 19.2 Å². The van der Waals surface area contributed by atoms with Crippen LogP contribution in [0.4, 0.5) is 0 Å². The van der Waals surface area contributed by atoms with Gasteiger partial charge in [-0.15, -0.1) is 0 Å². The molecule has 1 aliphatic rings. The molecule has 1 atom stereocenters. The van der Waals surface area contributed by atoms with Crippen LogP contribution in [0, 0.1) is 0 Å². The summed E-state index contributed by atoms with van der Waals surface area (Å²) < 4.78 is 15.8. The number of carbonyl (C=O) groups is 4. The summed E-state index contributed by atoms with van der Waals surface area (Å²) in [6, 6.07) is 7.05. The highest BCUT2D eigenvalue weighted by molar-refractivity contribution is 6.31. The van der Waals surface area contributed by atoms with E-state index < -0.39 is 29.8 Å². The molecule has 0 unspecified atom stereocenters. The Morgan fingerprint density at radius 3 is 2.21 bits per heavy atom. The van der Waals surface area contributed by atoms with Gasteiger partial charge in [0.05, 0.1) is 49.7 Å². The van der Waals surface area contributed by atoms with Crippen LogP contribution in [0.2, 0.25) is 5.02 Å². The van der Waals surface area contributed by atoms with E-state index in [2.05, 4.69) is 5.32 Å². The zero-order valence-corrected chi connectivity index (χ0v) is 19.7. The number of hydrogen-bond donors (Lipinski definition) is 4.